The van der Waals surface area contributed by atoms with Crippen molar-refractivity contribution < 1.29 is 9.53 Å². The summed E-state index contributed by atoms with van der Waals surface area (Å²) < 4.78 is 5.76. The molecule has 0 saturated carbocycles. The fourth-order valence-electron chi connectivity index (χ4n) is 7.42. The van der Waals surface area contributed by atoms with Gasteiger partial charge < -0.3 is 19.5 Å². The quantitative estimate of drug-likeness (QED) is 0.202. The molecule has 3 atom stereocenters. The number of fused-ring (bicyclic) bond motifs is 1. The number of hydrogen-bond acceptors (Lipinski definition) is 4. The number of aromatic amines is 1. The molecule has 6 rings (SSSR count). The second kappa shape index (κ2) is 13.7. The minimum atomic E-state index is -0.0226. The van der Waals surface area contributed by atoms with Gasteiger partial charge in [0.2, 0.25) is 0 Å². The Bertz CT molecular complexity index is 1410. The third kappa shape index (κ3) is 6.79. The second-order valence-electron chi connectivity index (χ2n) is 12.4. The summed E-state index contributed by atoms with van der Waals surface area (Å²) in [5, 5.41) is 1.35. The molecule has 2 aliphatic rings. The average molecular weight is 564 g/mol. The molecule has 0 amide bonds. The number of hydrogen-bond donors (Lipinski definition) is 1. The Morgan fingerprint density at radius 2 is 1.62 bits per heavy atom. The maximum Gasteiger partial charge on any atom is 0.309 e. The number of aromatic nitrogens is 1. The van der Waals surface area contributed by atoms with E-state index in [0.29, 0.717) is 24.4 Å². The smallest absolute Gasteiger partial charge is 0.309 e. The van der Waals surface area contributed by atoms with Crippen LogP contribution in [0.25, 0.3) is 10.9 Å². The molecule has 220 valence electrons. The van der Waals surface area contributed by atoms with E-state index in [-0.39, 0.29) is 11.9 Å². The first kappa shape index (κ1) is 28.7. The molecule has 5 nitrogen and oxygen atoms in total. The molecule has 2 saturated heterocycles. The number of esters is 1. The number of likely N-dealkylation sites (tertiary alicyclic amines) is 2. The first-order chi connectivity index (χ1) is 20.7. The fourth-order valence-corrected chi connectivity index (χ4v) is 7.42. The Morgan fingerprint density at radius 1 is 0.905 bits per heavy atom. The van der Waals surface area contributed by atoms with E-state index in [1.165, 1.54) is 22.0 Å². The maximum atomic E-state index is 13.0. The first-order valence-electron chi connectivity index (χ1n) is 15.9. The van der Waals surface area contributed by atoms with Gasteiger partial charge in [-0.15, -0.1) is 0 Å². The summed E-state index contributed by atoms with van der Waals surface area (Å²) in [6.45, 7) is 9.13. The Balaban J connectivity index is 1.04. The van der Waals surface area contributed by atoms with Crippen LogP contribution in [-0.2, 0) is 22.6 Å². The van der Waals surface area contributed by atoms with E-state index < -0.39 is 0 Å². The van der Waals surface area contributed by atoms with Crippen molar-refractivity contribution in [3.05, 3.63) is 108 Å². The van der Waals surface area contributed by atoms with Gasteiger partial charge >= 0.3 is 5.97 Å². The first-order valence-corrected chi connectivity index (χ1v) is 15.9. The number of carbonyl (C=O) groups is 1. The third-order valence-electron chi connectivity index (χ3n) is 9.78. The summed E-state index contributed by atoms with van der Waals surface area (Å²) in [4.78, 5) is 21.8. The highest BCUT2D eigenvalue weighted by Crippen LogP contribution is 2.35. The van der Waals surface area contributed by atoms with Crippen LogP contribution in [0.5, 0.6) is 0 Å². The molecule has 0 bridgehead atoms. The second-order valence-corrected chi connectivity index (χ2v) is 12.4. The van der Waals surface area contributed by atoms with Crippen molar-refractivity contribution >= 4 is 16.9 Å². The topological polar surface area (TPSA) is 48.6 Å². The molecule has 3 aromatic carbocycles. The summed E-state index contributed by atoms with van der Waals surface area (Å²) >= 11 is 0. The van der Waals surface area contributed by atoms with E-state index in [1.54, 1.807) is 0 Å². The molecule has 0 radical (unpaired) electrons. The largest absolute Gasteiger partial charge is 0.461 e. The molecule has 5 heteroatoms. The number of para-hydroxylation sites is 1. The van der Waals surface area contributed by atoms with Crippen LogP contribution in [0.4, 0.5) is 0 Å². The highest BCUT2D eigenvalue weighted by Gasteiger charge is 2.37. The summed E-state index contributed by atoms with van der Waals surface area (Å²) in [6.07, 6.45) is 6.26. The monoisotopic (exact) mass is 563 g/mol. The van der Waals surface area contributed by atoms with Crippen LogP contribution in [0.3, 0.4) is 0 Å². The van der Waals surface area contributed by atoms with Crippen molar-refractivity contribution in [3.8, 4) is 0 Å². The van der Waals surface area contributed by atoms with E-state index in [0.717, 1.165) is 70.5 Å². The van der Waals surface area contributed by atoms with E-state index in [4.69, 9.17) is 4.74 Å². The van der Waals surface area contributed by atoms with Gasteiger partial charge in [-0.2, -0.15) is 0 Å². The number of piperidine rings is 1. The lowest BCUT2D eigenvalue weighted by atomic mass is 9.82. The molecule has 2 aliphatic heterocycles. The van der Waals surface area contributed by atoms with Gasteiger partial charge in [-0.05, 0) is 73.4 Å². The normalized spacial score (nSPS) is 21.1. The van der Waals surface area contributed by atoms with Crippen LogP contribution < -0.4 is 0 Å². The molecule has 42 heavy (non-hydrogen) atoms. The van der Waals surface area contributed by atoms with Crippen LogP contribution >= 0.6 is 0 Å². The number of nitrogens with one attached hydrogen (secondary N) is 1. The Labute approximate surface area is 250 Å². The maximum absolute atomic E-state index is 13.0. The SMILES string of the molecule is CCC(C(=O)OCc1ccccc1)C1CCN(C[C@H]2CN(CCc3c[nH]c4ccccc34)C[C@@H]2c2ccccc2)CC1. The Kier molecular flexibility index (Phi) is 9.37. The molecule has 1 N–H and O–H groups in total. The number of nitrogens with zero attached hydrogens (tertiary/aromatic N) is 2. The van der Waals surface area contributed by atoms with Crippen LogP contribution in [0.1, 0.15) is 48.8 Å². The number of ether oxygens (including phenoxy) is 1. The standard InChI is InChI=1S/C37H45N3O2/c1-2-33(37(41)42-27-28-11-5-3-6-12-28)30-17-20-39(21-18-30)24-32-25-40(26-35(32)29-13-7-4-8-14-29)22-19-31-23-38-36-16-10-9-15-34(31)36/h3-16,23,30,32-33,35,38H,2,17-22,24-27H2,1H3/t32-,33?,35+/m0/s1. The van der Waals surface area contributed by atoms with Gasteiger partial charge in [0, 0.05) is 49.2 Å². The van der Waals surface area contributed by atoms with Crippen LogP contribution in [-0.4, -0.2) is 60.0 Å². The zero-order valence-electron chi connectivity index (χ0n) is 25.0. The van der Waals surface area contributed by atoms with Crippen molar-refractivity contribution in [2.75, 3.05) is 39.3 Å². The third-order valence-corrected chi connectivity index (χ3v) is 9.78. The van der Waals surface area contributed by atoms with Gasteiger partial charge in [0.25, 0.3) is 0 Å². The molecule has 1 unspecified atom stereocenters. The molecular weight excluding hydrogens is 518 g/mol. The van der Waals surface area contributed by atoms with Crippen molar-refractivity contribution in [2.24, 2.45) is 17.8 Å². The molecule has 2 fully saturated rings. The van der Waals surface area contributed by atoms with Crippen molar-refractivity contribution in [1.82, 2.24) is 14.8 Å². The highest BCUT2D eigenvalue weighted by molar-refractivity contribution is 5.83. The van der Waals surface area contributed by atoms with E-state index >= 15 is 0 Å². The van der Waals surface area contributed by atoms with Crippen LogP contribution in [0.2, 0.25) is 0 Å². The lowest BCUT2D eigenvalue weighted by Crippen LogP contribution is -2.41. The van der Waals surface area contributed by atoms with E-state index in [9.17, 15) is 4.79 Å². The number of rotatable bonds is 11. The van der Waals surface area contributed by atoms with Crippen molar-refractivity contribution in [2.45, 2.75) is 45.1 Å². The number of carbonyl (C=O) groups excluding carboxylic acids is 1. The summed E-state index contributed by atoms with van der Waals surface area (Å²) in [7, 11) is 0. The number of H-pyrrole nitrogens is 1. The van der Waals surface area contributed by atoms with Gasteiger partial charge in [0.1, 0.15) is 6.61 Å². The Hall–Kier alpha value is -3.41. The van der Waals surface area contributed by atoms with Gasteiger partial charge in [0.05, 0.1) is 5.92 Å². The molecule has 1 aromatic heterocycles. The summed E-state index contributed by atoms with van der Waals surface area (Å²) in [5.74, 6) is 1.56. The van der Waals surface area contributed by atoms with Gasteiger partial charge in [-0.1, -0.05) is 85.8 Å². The molecule has 0 spiro atoms. The zero-order valence-corrected chi connectivity index (χ0v) is 25.0. The van der Waals surface area contributed by atoms with Gasteiger partial charge in [-0.3, -0.25) is 4.79 Å². The predicted molar refractivity (Wildman–Crippen MR) is 170 cm³/mol. The zero-order chi connectivity index (χ0) is 28.7. The number of benzene rings is 3. The lowest BCUT2D eigenvalue weighted by molar-refractivity contribution is -0.152. The summed E-state index contributed by atoms with van der Waals surface area (Å²) in [6, 6.07) is 29.8. The predicted octanol–water partition coefficient (Wildman–Crippen LogP) is 6.91. The lowest BCUT2D eigenvalue weighted by Gasteiger charge is -2.37. The van der Waals surface area contributed by atoms with Gasteiger partial charge in [0.15, 0.2) is 0 Å². The molecule has 0 aliphatic carbocycles. The molecular formula is C37H45N3O2. The van der Waals surface area contributed by atoms with Crippen LogP contribution in [0.15, 0.2) is 91.1 Å². The average Bonchev–Trinajstić information content (AvgIpc) is 3.65. The van der Waals surface area contributed by atoms with Gasteiger partial charge in [-0.25, -0.2) is 0 Å². The summed E-state index contributed by atoms with van der Waals surface area (Å²) in [5.41, 5.74) is 5.17. The molecule has 4 aromatic rings. The minimum Gasteiger partial charge on any atom is -0.461 e. The highest BCUT2D eigenvalue weighted by atomic mass is 16.5. The molecule has 3 heterocycles. The van der Waals surface area contributed by atoms with E-state index in [1.807, 2.05) is 30.3 Å². The van der Waals surface area contributed by atoms with Crippen molar-refractivity contribution in [1.29, 1.82) is 0 Å². The Morgan fingerprint density at radius 3 is 2.38 bits per heavy atom. The van der Waals surface area contributed by atoms with E-state index in [2.05, 4.69) is 82.5 Å². The van der Waals surface area contributed by atoms with Crippen molar-refractivity contribution in [3.63, 3.8) is 0 Å². The van der Waals surface area contributed by atoms with Crippen LogP contribution in [0, 0.1) is 17.8 Å². The minimum absolute atomic E-state index is 0.000543. The fraction of sp³-hybridized carbons (Fsp3) is 0.432.